The van der Waals surface area contributed by atoms with Crippen molar-refractivity contribution in [1.82, 2.24) is 5.01 Å². The van der Waals surface area contributed by atoms with Crippen LogP contribution in [0.25, 0.3) is 0 Å². The molecule has 0 saturated carbocycles. The molecule has 0 bridgehead atoms. The number of primary amides is 1. The molecule has 110 valence electrons. The summed E-state index contributed by atoms with van der Waals surface area (Å²) in [6, 6.07) is 0. The molecule has 0 aromatic heterocycles. The summed E-state index contributed by atoms with van der Waals surface area (Å²) in [6.45, 7) is -0.278. The minimum absolute atomic E-state index is 0.278. The first-order chi connectivity index (χ1) is 8.48. The molecule has 1 fully saturated rings. The summed E-state index contributed by atoms with van der Waals surface area (Å²) >= 11 is 0. The van der Waals surface area contributed by atoms with Crippen LogP contribution in [-0.2, 0) is 4.79 Å². The van der Waals surface area contributed by atoms with Crippen LogP contribution < -0.4 is 17.3 Å². The molecule has 1 unspecified atom stereocenters. The highest BCUT2D eigenvalue weighted by atomic mass is 19.4. The second-order valence-corrected chi connectivity index (χ2v) is 4.23. The van der Waals surface area contributed by atoms with Crippen LogP contribution in [-0.4, -0.2) is 29.6 Å². The van der Waals surface area contributed by atoms with E-state index in [-0.39, 0.29) is 12.2 Å². The van der Waals surface area contributed by atoms with Gasteiger partial charge in [0.1, 0.15) is 5.70 Å². The van der Waals surface area contributed by atoms with Gasteiger partial charge in [-0.05, 0) is 12.8 Å². The lowest BCUT2D eigenvalue weighted by atomic mass is 9.88. The maximum Gasteiger partial charge on any atom is 0.453 e. The largest absolute Gasteiger partial charge is 0.453 e. The number of amides is 1. The molecule has 1 aliphatic heterocycles. The molecule has 1 saturated heterocycles. The van der Waals surface area contributed by atoms with Crippen LogP contribution in [0.5, 0.6) is 0 Å². The minimum Gasteiger partial charge on any atom is -0.393 e. The molecule has 1 atom stereocenters. The highest BCUT2D eigenvalue weighted by Gasteiger charge is 2.62. The Balaban J connectivity index is 3.05. The van der Waals surface area contributed by atoms with Gasteiger partial charge in [-0.15, -0.1) is 0 Å². The predicted molar refractivity (Wildman–Crippen MR) is 55.0 cm³/mol. The van der Waals surface area contributed by atoms with Gasteiger partial charge in [-0.3, -0.25) is 4.79 Å². The Bertz CT molecular complexity index is 406. The van der Waals surface area contributed by atoms with Crippen molar-refractivity contribution in [2.24, 2.45) is 23.2 Å². The Morgan fingerprint density at radius 1 is 1.21 bits per heavy atom. The topological polar surface area (TPSA) is 98.4 Å². The van der Waals surface area contributed by atoms with Gasteiger partial charge in [0.05, 0.1) is 5.70 Å². The average molecular weight is 288 g/mol. The molecular weight excluding hydrogens is 275 g/mol. The smallest absolute Gasteiger partial charge is 0.393 e. The zero-order chi connectivity index (χ0) is 15.0. The number of alkyl halides is 5. The summed E-state index contributed by atoms with van der Waals surface area (Å²) in [7, 11) is 0. The fourth-order valence-corrected chi connectivity index (χ4v) is 1.83. The van der Waals surface area contributed by atoms with E-state index in [0.29, 0.717) is 0 Å². The molecule has 6 N–H and O–H groups in total. The first-order valence-corrected chi connectivity index (χ1v) is 5.23. The van der Waals surface area contributed by atoms with Crippen molar-refractivity contribution < 1.29 is 26.7 Å². The normalized spacial score (nSPS) is 24.3. The molecule has 1 amide bonds. The fraction of sp³-hybridized carbons (Fsp3) is 0.667. The number of allylic oxidation sites excluding steroid dienone is 1. The Kier molecular flexibility index (Phi) is 3.94. The maximum atomic E-state index is 13.2. The first kappa shape index (κ1) is 15.5. The van der Waals surface area contributed by atoms with Gasteiger partial charge >= 0.3 is 12.1 Å². The Morgan fingerprint density at radius 3 is 2.16 bits per heavy atom. The van der Waals surface area contributed by atoms with E-state index in [1.54, 1.807) is 0 Å². The number of rotatable bonds is 2. The predicted octanol–water partition coefficient (Wildman–Crippen LogP) is 0.425. The second kappa shape index (κ2) is 4.83. The van der Waals surface area contributed by atoms with Gasteiger partial charge in [0, 0.05) is 12.5 Å². The maximum absolute atomic E-state index is 13.2. The van der Waals surface area contributed by atoms with Crippen LogP contribution in [0, 0.1) is 5.92 Å². The van der Waals surface area contributed by atoms with Gasteiger partial charge in [0.15, 0.2) is 0 Å². The summed E-state index contributed by atoms with van der Waals surface area (Å²) < 4.78 is 63.2. The third-order valence-electron chi connectivity index (χ3n) is 2.97. The van der Waals surface area contributed by atoms with Crippen LogP contribution in [0.15, 0.2) is 11.4 Å². The van der Waals surface area contributed by atoms with Gasteiger partial charge < -0.3 is 16.5 Å². The molecule has 5 nitrogen and oxygen atoms in total. The Hall–Kier alpha value is -1.58. The van der Waals surface area contributed by atoms with E-state index >= 15 is 0 Å². The van der Waals surface area contributed by atoms with Crippen molar-refractivity contribution >= 4 is 5.91 Å². The van der Waals surface area contributed by atoms with Crippen LogP contribution >= 0.6 is 0 Å². The zero-order valence-electron chi connectivity index (χ0n) is 9.68. The summed E-state index contributed by atoms with van der Waals surface area (Å²) in [5, 5.41) is 0.864. The first-order valence-electron chi connectivity index (χ1n) is 5.23. The number of nitrogens with two attached hydrogens (primary N) is 3. The molecule has 1 aliphatic rings. The number of carbonyl (C=O) groups is 1. The molecule has 19 heavy (non-hydrogen) atoms. The molecule has 10 heteroatoms. The monoisotopic (exact) mass is 288 g/mol. The summed E-state index contributed by atoms with van der Waals surface area (Å²) in [5.41, 5.74) is 9.20. The molecule has 1 rings (SSSR count). The lowest BCUT2D eigenvalue weighted by Gasteiger charge is -2.37. The third-order valence-corrected chi connectivity index (χ3v) is 2.97. The van der Waals surface area contributed by atoms with Crippen molar-refractivity contribution in [3.63, 3.8) is 0 Å². The lowest BCUT2D eigenvalue weighted by Crippen LogP contribution is -2.50. The Labute approximate surface area is 105 Å². The quantitative estimate of drug-likeness (QED) is 0.390. The van der Waals surface area contributed by atoms with E-state index in [2.05, 4.69) is 0 Å². The van der Waals surface area contributed by atoms with E-state index in [1.165, 1.54) is 0 Å². The third kappa shape index (κ3) is 2.88. The van der Waals surface area contributed by atoms with Crippen LogP contribution in [0.4, 0.5) is 22.0 Å². The van der Waals surface area contributed by atoms with E-state index in [1.807, 2.05) is 0 Å². The van der Waals surface area contributed by atoms with Crippen LogP contribution in [0.3, 0.4) is 0 Å². The van der Waals surface area contributed by atoms with E-state index in [4.69, 9.17) is 17.3 Å². The number of hydrogen-bond donors (Lipinski definition) is 3. The molecule has 0 aromatic rings. The molecule has 1 heterocycles. The highest BCUT2D eigenvalue weighted by molar-refractivity contribution is 5.91. The van der Waals surface area contributed by atoms with E-state index in [9.17, 15) is 26.7 Å². The van der Waals surface area contributed by atoms with Crippen LogP contribution in [0.1, 0.15) is 12.8 Å². The van der Waals surface area contributed by atoms with Crippen molar-refractivity contribution in [3.05, 3.63) is 11.4 Å². The van der Waals surface area contributed by atoms with Crippen molar-refractivity contribution in [2.75, 3.05) is 6.54 Å². The van der Waals surface area contributed by atoms with Gasteiger partial charge in [-0.1, -0.05) is 0 Å². The number of carbonyl (C=O) groups excluding carboxylic acids is 1. The van der Waals surface area contributed by atoms with Crippen molar-refractivity contribution in [3.8, 4) is 0 Å². The van der Waals surface area contributed by atoms with E-state index < -0.39 is 42.5 Å². The van der Waals surface area contributed by atoms with Gasteiger partial charge in [0.25, 0.3) is 5.91 Å². The number of halogens is 5. The second-order valence-electron chi connectivity index (χ2n) is 4.23. The standard InChI is InChI=1S/C9H13F5N4O/c10-8(11,9(12,13)14)4-1-2-18(17)5(3-4)6(15)7(16)19/h4H,1-3,15,17H2,(H2,16,19)/b6-5-. The van der Waals surface area contributed by atoms with Gasteiger partial charge in [0.2, 0.25) is 0 Å². The average Bonchev–Trinajstić information content (AvgIpc) is 2.26. The molecule has 0 aliphatic carbocycles. The molecule has 0 spiro atoms. The minimum atomic E-state index is -5.67. The van der Waals surface area contributed by atoms with Gasteiger partial charge in [-0.2, -0.15) is 22.0 Å². The molecule has 0 radical (unpaired) electrons. The number of hydrazine groups is 1. The Morgan fingerprint density at radius 2 is 1.74 bits per heavy atom. The van der Waals surface area contributed by atoms with Crippen molar-refractivity contribution in [2.45, 2.75) is 24.9 Å². The molecule has 0 aromatic carbocycles. The highest BCUT2D eigenvalue weighted by Crippen LogP contribution is 2.46. The zero-order valence-corrected chi connectivity index (χ0v) is 9.68. The summed E-state index contributed by atoms with van der Waals surface area (Å²) in [5.74, 6) is -2.64. The summed E-state index contributed by atoms with van der Waals surface area (Å²) in [4.78, 5) is 10.8. The number of piperidine rings is 1. The molecular formula is C9H13F5N4O. The lowest BCUT2D eigenvalue weighted by molar-refractivity contribution is -0.305. The summed E-state index contributed by atoms with van der Waals surface area (Å²) in [6.07, 6.45) is -6.91. The fourth-order valence-electron chi connectivity index (χ4n) is 1.83. The van der Waals surface area contributed by atoms with E-state index in [0.717, 1.165) is 5.01 Å². The number of hydrogen-bond acceptors (Lipinski definition) is 4. The van der Waals surface area contributed by atoms with Crippen molar-refractivity contribution in [1.29, 1.82) is 0 Å². The SMILES string of the molecule is NC(=O)/C(N)=C1\CC(C(F)(F)C(F)(F)F)CCN1N. The van der Waals surface area contributed by atoms with Crippen LogP contribution in [0.2, 0.25) is 0 Å². The van der Waals surface area contributed by atoms with Gasteiger partial charge in [-0.25, -0.2) is 5.84 Å². The number of nitrogens with zero attached hydrogens (tertiary/aromatic N) is 1.